The van der Waals surface area contributed by atoms with E-state index in [-0.39, 0.29) is 22.9 Å². The van der Waals surface area contributed by atoms with Crippen LogP contribution >= 0.6 is 0 Å². The Morgan fingerprint density at radius 2 is 2.11 bits per heavy atom. The lowest BCUT2D eigenvalue weighted by molar-refractivity contribution is -0.138. The number of alkyl halides is 3. The predicted molar refractivity (Wildman–Crippen MR) is 62.1 cm³/mol. The van der Waals surface area contributed by atoms with Crippen LogP contribution in [0.2, 0.25) is 0 Å². The SMILES string of the molecule is CCOC(=O)c1ncc(C(F)(F)F)cc1[S+]([O-])CC. The monoisotopic (exact) mass is 295 g/mol. The topological polar surface area (TPSA) is 62.2 Å². The number of halogens is 3. The van der Waals surface area contributed by atoms with E-state index in [2.05, 4.69) is 9.72 Å². The number of ether oxygens (including phenoxy) is 1. The summed E-state index contributed by atoms with van der Waals surface area (Å²) in [5, 5.41) is 0. The number of nitrogens with zero attached hydrogens (tertiary/aromatic N) is 1. The Morgan fingerprint density at radius 3 is 2.58 bits per heavy atom. The summed E-state index contributed by atoms with van der Waals surface area (Å²) in [4.78, 5) is 14.7. The summed E-state index contributed by atoms with van der Waals surface area (Å²) in [6.07, 6.45) is -4.07. The van der Waals surface area contributed by atoms with Crippen molar-refractivity contribution in [3.8, 4) is 0 Å². The van der Waals surface area contributed by atoms with E-state index in [4.69, 9.17) is 0 Å². The van der Waals surface area contributed by atoms with Gasteiger partial charge < -0.3 is 9.29 Å². The van der Waals surface area contributed by atoms with Gasteiger partial charge in [0.2, 0.25) is 5.69 Å². The Labute approximate surface area is 111 Å². The number of aromatic nitrogens is 1. The third-order valence-electron chi connectivity index (χ3n) is 2.16. The first-order valence-corrected chi connectivity index (χ1v) is 6.75. The summed E-state index contributed by atoms with van der Waals surface area (Å²) in [5.41, 5.74) is -1.38. The Bertz CT molecular complexity index is 465. The summed E-state index contributed by atoms with van der Waals surface area (Å²) >= 11 is -1.73. The smallest absolute Gasteiger partial charge is 0.418 e. The van der Waals surface area contributed by atoms with Crippen LogP contribution in [0.1, 0.15) is 29.9 Å². The van der Waals surface area contributed by atoms with Crippen LogP contribution in [0.5, 0.6) is 0 Å². The average Bonchev–Trinajstić information content (AvgIpc) is 2.36. The summed E-state index contributed by atoms with van der Waals surface area (Å²) in [7, 11) is 0. The zero-order valence-corrected chi connectivity index (χ0v) is 11.1. The van der Waals surface area contributed by atoms with Gasteiger partial charge in [-0.25, -0.2) is 9.78 Å². The van der Waals surface area contributed by atoms with E-state index in [0.29, 0.717) is 12.3 Å². The summed E-state index contributed by atoms with van der Waals surface area (Å²) < 4.78 is 54.1. The van der Waals surface area contributed by atoms with Crippen molar-refractivity contribution in [2.45, 2.75) is 24.9 Å². The van der Waals surface area contributed by atoms with Crippen molar-refractivity contribution in [3.63, 3.8) is 0 Å². The molecular weight excluding hydrogens is 283 g/mol. The van der Waals surface area contributed by atoms with Gasteiger partial charge in [0, 0.05) is 12.3 Å². The van der Waals surface area contributed by atoms with Crippen molar-refractivity contribution < 1.29 is 27.3 Å². The van der Waals surface area contributed by atoms with Crippen LogP contribution in [0.25, 0.3) is 0 Å². The van der Waals surface area contributed by atoms with Crippen LogP contribution < -0.4 is 0 Å². The number of carbonyl (C=O) groups is 1. The van der Waals surface area contributed by atoms with Gasteiger partial charge in [0.05, 0.1) is 12.2 Å². The lowest BCUT2D eigenvalue weighted by Crippen LogP contribution is -2.18. The Kier molecular flexibility index (Phi) is 5.19. The molecule has 0 saturated heterocycles. The van der Waals surface area contributed by atoms with Crippen molar-refractivity contribution in [2.24, 2.45) is 0 Å². The highest BCUT2D eigenvalue weighted by atomic mass is 32.2. The average molecular weight is 295 g/mol. The molecule has 1 aromatic heterocycles. The second-order valence-electron chi connectivity index (χ2n) is 3.42. The fraction of sp³-hybridized carbons (Fsp3) is 0.455. The third-order valence-corrected chi connectivity index (χ3v) is 3.48. The van der Waals surface area contributed by atoms with Crippen LogP contribution in [0, 0.1) is 0 Å². The number of carbonyl (C=O) groups excluding carboxylic acids is 1. The van der Waals surface area contributed by atoms with Crippen molar-refractivity contribution in [2.75, 3.05) is 12.4 Å². The predicted octanol–water partition coefficient (Wildman–Crippen LogP) is 2.40. The molecule has 1 atom stereocenters. The quantitative estimate of drug-likeness (QED) is 0.632. The molecule has 1 rings (SSSR count). The van der Waals surface area contributed by atoms with Crippen molar-refractivity contribution >= 4 is 17.1 Å². The Balaban J connectivity index is 3.28. The molecule has 0 aliphatic carbocycles. The third kappa shape index (κ3) is 3.84. The molecule has 106 valence electrons. The minimum absolute atomic E-state index is 0.0553. The highest BCUT2D eigenvalue weighted by Gasteiger charge is 2.34. The van der Waals surface area contributed by atoms with E-state index < -0.39 is 28.9 Å². The minimum Gasteiger partial charge on any atom is -0.611 e. The summed E-state index contributed by atoms with van der Waals surface area (Å²) in [6.45, 7) is 3.14. The second-order valence-corrected chi connectivity index (χ2v) is 5.13. The summed E-state index contributed by atoms with van der Waals surface area (Å²) in [6, 6.07) is 0.679. The van der Waals surface area contributed by atoms with Gasteiger partial charge in [0.1, 0.15) is 5.75 Å². The molecule has 0 saturated carbocycles. The standard InChI is InChI=1S/C11H12F3NO3S/c1-3-18-10(16)9-8(19(17)4-2)5-7(6-15-9)11(12,13)14/h5-6H,3-4H2,1-2H3. The Hall–Kier alpha value is -1.28. The van der Waals surface area contributed by atoms with Gasteiger partial charge in [-0.1, -0.05) is 0 Å². The van der Waals surface area contributed by atoms with Gasteiger partial charge in [-0.05, 0) is 25.0 Å². The maximum Gasteiger partial charge on any atom is 0.418 e. The highest BCUT2D eigenvalue weighted by molar-refractivity contribution is 7.91. The normalized spacial score (nSPS) is 13.2. The molecule has 0 aliphatic heterocycles. The van der Waals surface area contributed by atoms with Gasteiger partial charge in [0.25, 0.3) is 0 Å². The Morgan fingerprint density at radius 1 is 1.47 bits per heavy atom. The molecule has 0 N–H and O–H groups in total. The molecule has 0 radical (unpaired) electrons. The number of esters is 1. The molecule has 0 aromatic carbocycles. The summed E-state index contributed by atoms with van der Waals surface area (Å²) in [5.74, 6) is -0.803. The van der Waals surface area contributed by atoms with Crippen LogP contribution in [-0.2, 0) is 22.1 Å². The van der Waals surface area contributed by atoms with E-state index in [0.717, 1.165) is 0 Å². The zero-order chi connectivity index (χ0) is 14.6. The molecule has 8 heteroatoms. The number of hydrogen-bond donors (Lipinski definition) is 0. The molecule has 0 aliphatic rings. The van der Waals surface area contributed by atoms with E-state index in [1.54, 1.807) is 6.92 Å². The first-order chi connectivity index (χ1) is 8.81. The van der Waals surface area contributed by atoms with Crippen LogP contribution in [0.4, 0.5) is 13.2 Å². The number of hydrogen-bond acceptors (Lipinski definition) is 4. The first kappa shape index (κ1) is 15.8. The van der Waals surface area contributed by atoms with Gasteiger partial charge in [-0.2, -0.15) is 13.2 Å². The molecule has 4 nitrogen and oxygen atoms in total. The largest absolute Gasteiger partial charge is 0.611 e. The van der Waals surface area contributed by atoms with Crippen molar-refractivity contribution in [1.29, 1.82) is 0 Å². The van der Waals surface area contributed by atoms with E-state index >= 15 is 0 Å². The van der Waals surface area contributed by atoms with Crippen LogP contribution in [-0.4, -0.2) is 27.9 Å². The minimum atomic E-state index is -4.60. The molecule has 0 fully saturated rings. The molecule has 1 heterocycles. The molecule has 0 bridgehead atoms. The number of rotatable bonds is 4. The maximum absolute atomic E-state index is 12.6. The lowest BCUT2D eigenvalue weighted by Gasteiger charge is -2.13. The van der Waals surface area contributed by atoms with Gasteiger partial charge in [0.15, 0.2) is 4.90 Å². The number of pyridine rings is 1. The highest BCUT2D eigenvalue weighted by Crippen LogP contribution is 2.31. The first-order valence-electron chi connectivity index (χ1n) is 5.44. The van der Waals surface area contributed by atoms with E-state index in [1.165, 1.54) is 6.92 Å². The van der Waals surface area contributed by atoms with E-state index in [9.17, 15) is 22.5 Å². The fourth-order valence-electron chi connectivity index (χ4n) is 1.28. The van der Waals surface area contributed by atoms with Crippen molar-refractivity contribution in [3.05, 3.63) is 23.5 Å². The van der Waals surface area contributed by atoms with Gasteiger partial charge in [-0.15, -0.1) is 0 Å². The molecule has 0 amide bonds. The molecule has 1 aromatic rings. The maximum atomic E-state index is 12.6. The molecule has 0 spiro atoms. The lowest BCUT2D eigenvalue weighted by atomic mass is 10.2. The van der Waals surface area contributed by atoms with Gasteiger partial charge in [-0.3, -0.25) is 0 Å². The van der Waals surface area contributed by atoms with Crippen LogP contribution in [0.3, 0.4) is 0 Å². The van der Waals surface area contributed by atoms with E-state index in [1.807, 2.05) is 0 Å². The molecule has 1 unspecified atom stereocenters. The van der Waals surface area contributed by atoms with Crippen LogP contribution in [0.15, 0.2) is 17.2 Å². The van der Waals surface area contributed by atoms with Crippen molar-refractivity contribution in [1.82, 2.24) is 4.98 Å². The van der Waals surface area contributed by atoms with Gasteiger partial charge >= 0.3 is 12.1 Å². The molecular formula is C11H12F3NO3S. The second kappa shape index (κ2) is 6.25. The fourth-order valence-corrected chi connectivity index (χ4v) is 2.20. The molecule has 19 heavy (non-hydrogen) atoms. The zero-order valence-electron chi connectivity index (χ0n) is 10.3.